The molecule has 0 saturated carbocycles. The van der Waals surface area contributed by atoms with Crippen molar-refractivity contribution >= 4 is 35.6 Å². The van der Waals surface area contributed by atoms with Gasteiger partial charge in [0, 0.05) is 25.2 Å². The summed E-state index contributed by atoms with van der Waals surface area (Å²) in [6.07, 6.45) is 3.52. The van der Waals surface area contributed by atoms with Gasteiger partial charge in [0.2, 0.25) is 0 Å². The van der Waals surface area contributed by atoms with E-state index in [9.17, 15) is 10.1 Å². The van der Waals surface area contributed by atoms with Gasteiger partial charge in [0.05, 0.1) is 11.5 Å². The van der Waals surface area contributed by atoms with Crippen LogP contribution in [0, 0.1) is 10.1 Å². The van der Waals surface area contributed by atoms with Crippen LogP contribution in [0.3, 0.4) is 0 Å². The van der Waals surface area contributed by atoms with Gasteiger partial charge >= 0.3 is 0 Å². The first-order valence-corrected chi connectivity index (χ1v) is 7.42. The molecular formula is C15H25IN4O2. The Morgan fingerprint density at radius 1 is 1.18 bits per heavy atom. The van der Waals surface area contributed by atoms with Crippen molar-refractivity contribution in [2.45, 2.75) is 39.7 Å². The molecule has 2 N–H and O–H groups in total. The third-order valence-electron chi connectivity index (χ3n) is 2.98. The van der Waals surface area contributed by atoms with Gasteiger partial charge in [-0.15, -0.1) is 24.0 Å². The molecule has 124 valence electrons. The van der Waals surface area contributed by atoms with Crippen LogP contribution in [0.2, 0.25) is 0 Å². The van der Waals surface area contributed by atoms with Gasteiger partial charge in [0.25, 0.3) is 5.69 Å². The predicted molar refractivity (Wildman–Crippen MR) is 101 cm³/mol. The van der Waals surface area contributed by atoms with E-state index >= 15 is 0 Å². The first-order chi connectivity index (χ1) is 10.2. The second kappa shape index (κ2) is 12.2. The molecule has 0 aliphatic carbocycles. The molecule has 7 heteroatoms. The van der Waals surface area contributed by atoms with Crippen LogP contribution in [0.5, 0.6) is 0 Å². The zero-order valence-electron chi connectivity index (χ0n) is 13.2. The number of nitro groups is 1. The van der Waals surface area contributed by atoms with Crippen molar-refractivity contribution in [2.75, 3.05) is 13.1 Å². The molecule has 1 aromatic carbocycles. The molecule has 0 fully saturated rings. The Bertz CT molecular complexity index is 463. The summed E-state index contributed by atoms with van der Waals surface area (Å²) >= 11 is 0. The van der Waals surface area contributed by atoms with Crippen LogP contribution >= 0.6 is 24.0 Å². The first kappa shape index (κ1) is 20.6. The van der Waals surface area contributed by atoms with E-state index in [1.807, 2.05) is 6.92 Å². The van der Waals surface area contributed by atoms with Crippen LogP contribution in [0.15, 0.2) is 29.3 Å². The minimum absolute atomic E-state index is 0. The van der Waals surface area contributed by atoms with Crippen molar-refractivity contribution in [3.63, 3.8) is 0 Å². The lowest BCUT2D eigenvalue weighted by atomic mass is 10.2. The highest BCUT2D eigenvalue weighted by molar-refractivity contribution is 14.0. The number of hydrogen-bond acceptors (Lipinski definition) is 3. The fourth-order valence-corrected chi connectivity index (χ4v) is 1.82. The highest BCUT2D eigenvalue weighted by Crippen LogP contribution is 2.12. The highest BCUT2D eigenvalue weighted by atomic mass is 127. The van der Waals surface area contributed by atoms with E-state index in [0.29, 0.717) is 6.54 Å². The van der Waals surface area contributed by atoms with Gasteiger partial charge in [-0.25, -0.2) is 4.99 Å². The quantitative estimate of drug-likeness (QED) is 0.169. The summed E-state index contributed by atoms with van der Waals surface area (Å²) in [7, 11) is 0. The third-order valence-corrected chi connectivity index (χ3v) is 2.98. The molecule has 0 unspecified atom stereocenters. The van der Waals surface area contributed by atoms with E-state index < -0.39 is 4.92 Å². The number of guanidine groups is 1. The average Bonchev–Trinajstić information content (AvgIpc) is 2.49. The molecule has 22 heavy (non-hydrogen) atoms. The number of rotatable bonds is 8. The van der Waals surface area contributed by atoms with E-state index in [2.05, 4.69) is 22.5 Å². The second-order valence-corrected chi connectivity index (χ2v) is 4.75. The number of benzene rings is 1. The summed E-state index contributed by atoms with van der Waals surface area (Å²) in [5.41, 5.74) is 1.05. The number of hydrogen-bond donors (Lipinski definition) is 2. The summed E-state index contributed by atoms with van der Waals surface area (Å²) < 4.78 is 0. The van der Waals surface area contributed by atoms with Gasteiger partial charge in [-0.05, 0) is 18.9 Å². The van der Waals surface area contributed by atoms with Crippen molar-refractivity contribution in [3.8, 4) is 0 Å². The van der Waals surface area contributed by atoms with Gasteiger partial charge < -0.3 is 10.6 Å². The lowest BCUT2D eigenvalue weighted by molar-refractivity contribution is -0.384. The van der Waals surface area contributed by atoms with Crippen LogP contribution in [-0.4, -0.2) is 24.0 Å². The number of unbranched alkanes of at least 4 members (excludes halogenated alkanes) is 2. The van der Waals surface area contributed by atoms with E-state index in [-0.39, 0.29) is 29.7 Å². The molecule has 6 nitrogen and oxygen atoms in total. The van der Waals surface area contributed by atoms with E-state index in [4.69, 9.17) is 0 Å². The number of nitrogens with zero attached hydrogens (tertiary/aromatic N) is 2. The van der Waals surface area contributed by atoms with Crippen LogP contribution < -0.4 is 10.6 Å². The average molecular weight is 420 g/mol. The van der Waals surface area contributed by atoms with Crippen molar-refractivity contribution in [1.29, 1.82) is 0 Å². The Morgan fingerprint density at radius 3 is 2.41 bits per heavy atom. The molecule has 0 aliphatic heterocycles. The van der Waals surface area contributed by atoms with Gasteiger partial charge in [-0.3, -0.25) is 10.1 Å². The summed E-state index contributed by atoms with van der Waals surface area (Å²) in [4.78, 5) is 14.7. The van der Waals surface area contributed by atoms with Crippen molar-refractivity contribution < 1.29 is 4.92 Å². The fourth-order valence-electron chi connectivity index (χ4n) is 1.82. The molecule has 0 amide bonds. The second-order valence-electron chi connectivity index (χ2n) is 4.75. The van der Waals surface area contributed by atoms with Crippen molar-refractivity contribution in [3.05, 3.63) is 39.9 Å². The number of nitro benzene ring substituents is 1. The molecule has 0 bridgehead atoms. The number of nitrogens with one attached hydrogen (secondary N) is 2. The minimum atomic E-state index is -0.396. The Hall–Kier alpha value is -1.38. The maximum absolute atomic E-state index is 10.6. The summed E-state index contributed by atoms with van der Waals surface area (Å²) in [5.74, 6) is 0.784. The van der Waals surface area contributed by atoms with Crippen molar-refractivity contribution in [1.82, 2.24) is 10.6 Å². The summed E-state index contributed by atoms with van der Waals surface area (Å²) in [6, 6.07) is 6.49. The smallest absolute Gasteiger partial charge is 0.269 e. The summed E-state index contributed by atoms with van der Waals surface area (Å²) in [5, 5.41) is 17.1. The molecular weight excluding hydrogens is 395 g/mol. The van der Waals surface area contributed by atoms with Gasteiger partial charge in [-0.1, -0.05) is 31.9 Å². The standard InChI is InChI=1S/C15H24N4O2.HI/c1-3-5-6-11-17-15(16-4-2)18-12-13-7-9-14(10-8-13)19(20)21;/h7-10H,3-6,11-12H2,1-2H3,(H2,16,17,18);1H. The third kappa shape index (κ3) is 8.16. The Labute approximate surface area is 149 Å². The Morgan fingerprint density at radius 2 is 1.86 bits per heavy atom. The van der Waals surface area contributed by atoms with Crippen LogP contribution in [0.25, 0.3) is 0 Å². The highest BCUT2D eigenvalue weighted by Gasteiger charge is 2.03. The molecule has 0 saturated heterocycles. The Balaban J connectivity index is 0.00000441. The lowest BCUT2D eigenvalue weighted by Crippen LogP contribution is -2.37. The number of non-ortho nitro benzene ring substituents is 1. The first-order valence-electron chi connectivity index (χ1n) is 7.42. The normalized spacial score (nSPS) is 10.7. The molecule has 0 aromatic heterocycles. The van der Waals surface area contributed by atoms with Gasteiger partial charge in [0.15, 0.2) is 5.96 Å². The van der Waals surface area contributed by atoms with Crippen LogP contribution in [0.4, 0.5) is 5.69 Å². The molecule has 0 radical (unpaired) electrons. The van der Waals surface area contributed by atoms with Gasteiger partial charge in [-0.2, -0.15) is 0 Å². The van der Waals surface area contributed by atoms with Crippen LogP contribution in [-0.2, 0) is 6.54 Å². The summed E-state index contributed by atoms with van der Waals surface area (Å²) in [6.45, 7) is 6.41. The molecule has 0 spiro atoms. The van der Waals surface area contributed by atoms with E-state index in [1.54, 1.807) is 12.1 Å². The van der Waals surface area contributed by atoms with Gasteiger partial charge in [0.1, 0.15) is 0 Å². The molecule has 0 atom stereocenters. The van der Waals surface area contributed by atoms with E-state index in [0.717, 1.165) is 31.0 Å². The monoisotopic (exact) mass is 420 g/mol. The van der Waals surface area contributed by atoms with Crippen LogP contribution in [0.1, 0.15) is 38.7 Å². The topological polar surface area (TPSA) is 79.6 Å². The molecule has 0 heterocycles. The van der Waals surface area contributed by atoms with E-state index in [1.165, 1.54) is 25.0 Å². The lowest BCUT2D eigenvalue weighted by Gasteiger charge is -2.10. The van der Waals surface area contributed by atoms with Crippen molar-refractivity contribution in [2.24, 2.45) is 4.99 Å². The minimum Gasteiger partial charge on any atom is -0.357 e. The zero-order valence-corrected chi connectivity index (χ0v) is 15.5. The Kier molecular flexibility index (Phi) is 11.4. The largest absolute Gasteiger partial charge is 0.357 e. The predicted octanol–water partition coefficient (Wildman–Crippen LogP) is 3.46. The maximum atomic E-state index is 10.6. The zero-order chi connectivity index (χ0) is 15.5. The SMILES string of the molecule is CCCCCNC(=NCc1ccc([N+](=O)[O-])cc1)NCC.I. The molecule has 0 aliphatic rings. The maximum Gasteiger partial charge on any atom is 0.269 e. The molecule has 1 aromatic rings. The number of aliphatic imine (C=N–C) groups is 1. The molecule has 1 rings (SSSR count). The number of halogens is 1. The fraction of sp³-hybridized carbons (Fsp3) is 0.533.